The van der Waals surface area contributed by atoms with E-state index in [9.17, 15) is 0 Å². The largest absolute Gasteiger partial charge is 0.497 e. The van der Waals surface area contributed by atoms with Crippen LogP contribution in [0.3, 0.4) is 0 Å². The molecule has 0 spiro atoms. The summed E-state index contributed by atoms with van der Waals surface area (Å²) in [5.41, 5.74) is 2.22. The van der Waals surface area contributed by atoms with Gasteiger partial charge >= 0.3 is 0 Å². The Bertz CT molecular complexity index is 1040. The van der Waals surface area contributed by atoms with Crippen LogP contribution >= 0.6 is 0 Å². The number of nitrogens with zero attached hydrogens (tertiary/aromatic N) is 2. The van der Waals surface area contributed by atoms with Gasteiger partial charge in [-0.1, -0.05) is 54.6 Å². The van der Waals surface area contributed by atoms with Crippen LogP contribution in [0, 0.1) is 0 Å². The van der Waals surface area contributed by atoms with Crippen LogP contribution in [0.1, 0.15) is 22.9 Å². The van der Waals surface area contributed by atoms with Crippen molar-refractivity contribution in [1.29, 1.82) is 0 Å². The molecule has 26 heavy (non-hydrogen) atoms. The number of fused-ring (bicyclic) bond motifs is 1. The number of methoxy groups -OCH3 is 1. The summed E-state index contributed by atoms with van der Waals surface area (Å²) in [5.74, 6) is 1.92. The zero-order valence-corrected chi connectivity index (χ0v) is 14.4. The Hall–Kier alpha value is -3.40. The van der Waals surface area contributed by atoms with Crippen molar-refractivity contribution >= 4 is 22.9 Å². The van der Waals surface area contributed by atoms with E-state index in [1.165, 1.54) is 10.8 Å². The number of aromatic nitrogens is 2. The predicted molar refractivity (Wildman–Crippen MR) is 103 cm³/mol. The van der Waals surface area contributed by atoms with Gasteiger partial charge in [-0.25, -0.2) is 0 Å². The maximum Gasteiger partial charge on any atom is 0.240 e. The third-order valence-electron chi connectivity index (χ3n) is 4.23. The van der Waals surface area contributed by atoms with Crippen molar-refractivity contribution in [2.75, 3.05) is 7.11 Å². The standard InChI is InChI=1S/C22H18N2O2/c1-25-19-12-9-16(10-13-19)15-22-24-23-21(26-22)14-11-18-7-4-6-17-5-2-3-8-20(17)18/h2-14H,15H2,1H3. The van der Waals surface area contributed by atoms with Crippen molar-refractivity contribution in [3.8, 4) is 5.75 Å². The lowest BCUT2D eigenvalue weighted by Gasteiger charge is -2.01. The molecule has 0 saturated carbocycles. The fraction of sp³-hybridized carbons (Fsp3) is 0.0909. The lowest BCUT2D eigenvalue weighted by atomic mass is 10.0. The lowest BCUT2D eigenvalue weighted by molar-refractivity contribution is 0.414. The summed E-state index contributed by atoms with van der Waals surface area (Å²) in [6.07, 6.45) is 4.46. The Kier molecular flexibility index (Phi) is 4.48. The van der Waals surface area contributed by atoms with E-state index in [-0.39, 0.29) is 0 Å². The van der Waals surface area contributed by atoms with Crippen LogP contribution in [0.15, 0.2) is 71.1 Å². The van der Waals surface area contributed by atoms with E-state index < -0.39 is 0 Å². The quantitative estimate of drug-likeness (QED) is 0.512. The van der Waals surface area contributed by atoms with Gasteiger partial charge in [0.15, 0.2) is 0 Å². The molecule has 1 aromatic heterocycles. The van der Waals surface area contributed by atoms with Gasteiger partial charge in [-0.3, -0.25) is 0 Å². The van der Waals surface area contributed by atoms with Crippen LogP contribution < -0.4 is 4.74 Å². The molecule has 0 atom stereocenters. The highest BCUT2D eigenvalue weighted by Gasteiger charge is 2.05. The Morgan fingerprint density at radius 2 is 1.69 bits per heavy atom. The number of rotatable bonds is 5. The topological polar surface area (TPSA) is 48.2 Å². The third-order valence-corrected chi connectivity index (χ3v) is 4.23. The SMILES string of the molecule is COc1ccc(Cc2nnc(C=Cc3cccc4ccccc34)o2)cc1. The Morgan fingerprint density at radius 3 is 2.54 bits per heavy atom. The number of benzene rings is 3. The van der Waals surface area contributed by atoms with Gasteiger partial charge in [-0.2, -0.15) is 0 Å². The second-order valence-electron chi connectivity index (χ2n) is 5.96. The Balaban J connectivity index is 1.51. The zero-order valence-electron chi connectivity index (χ0n) is 14.4. The van der Waals surface area contributed by atoms with E-state index in [4.69, 9.17) is 9.15 Å². The molecule has 0 radical (unpaired) electrons. The van der Waals surface area contributed by atoms with Crippen LogP contribution in [0.4, 0.5) is 0 Å². The molecule has 0 aliphatic heterocycles. The second kappa shape index (κ2) is 7.23. The molecule has 0 aliphatic rings. The smallest absolute Gasteiger partial charge is 0.240 e. The summed E-state index contributed by atoms with van der Waals surface area (Å²) in [5, 5.41) is 10.6. The number of hydrogen-bond acceptors (Lipinski definition) is 4. The zero-order chi connectivity index (χ0) is 17.8. The van der Waals surface area contributed by atoms with Gasteiger partial charge in [0.05, 0.1) is 13.5 Å². The van der Waals surface area contributed by atoms with Gasteiger partial charge in [0, 0.05) is 6.08 Å². The Labute approximate surface area is 151 Å². The molecule has 3 aromatic carbocycles. The molecule has 0 saturated heterocycles. The van der Waals surface area contributed by atoms with Crippen LogP contribution in [-0.4, -0.2) is 17.3 Å². The first kappa shape index (κ1) is 16.1. The second-order valence-corrected chi connectivity index (χ2v) is 5.96. The normalized spacial score (nSPS) is 11.3. The highest BCUT2D eigenvalue weighted by atomic mass is 16.5. The van der Waals surface area contributed by atoms with Gasteiger partial charge in [0.25, 0.3) is 0 Å². The molecule has 4 heteroatoms. The van der Waals surface area contributed by atoms with Crippen molar-refractivity contribution in [3.05, 3.63) is 89.6 Å². The molecule has 0 N–H and O–H groups in total. The van der Waals surface area contributed by atoms with E-state index >= 15 is 0 Å². The van der Waals surface area contributed by atoms with Crippen LogP contribution in [-0.2, 0) is 6.42 Å². The molecule has 4 rings (SSSR count). The molecule has 0 aliphatic carbocycles. The minimum atomic E-state index is 0.501. The summed E-state index contributed by atoms with van der Waals surface area (Å²) in [6, 6.07) is 22.4. The summed E-state index contributed by atoms with van der Waals surface area (Å²) >= 11 is 0. The average molecular weight is 342 g/mol. The first-order valence-electron chi connectivity index (χ1n) is 8.43. The summed E-state index contributed by atoms with van der Waals surface area (Å²) in [4.78, 5) is 0. The summed E-state index contributed by atoms with van der Waals surface area (Å²) in [6.45, 7) is 0. The molecule has 4 aromatic rings. The fourth-order valence-electron chi connectivity index (χ4n) is 2.88. The lowest BCUT2D eigenvalue weighted by Crippen LogP contribution is -1.89. The van der Waals surface area contributed by atoms with Gasteiger partial charge in [0.2, 0.25) is 11.8 Å². The first-order valence-corrected chi connectivity index (χ1v) is 8.43. The number of ether oxygens (including phenoxy) is 1. The number of hydrogen-bond donors (Lipinski definition) is 0. The maximum atomic E-state index is 5.74. The van der Waals surface area contributed by atoms with E-state index in [1.807, 2.05) is 54.6 Å². The molecular formula is C22H18N2O2. The van der Waals surface area contributed by atoms with E-state index in [2.05, 4.69) is 34.5 Å². The monoisotopic (exact) mass is 342 g/mol. The molecular weight excluding hydrogens is 324 g/mol. The van der Waals surface area contributed by atoms with E-state index in [1.54, 1.807) is 7.11 Å². The molecule has 0 amide bonds. The summed E-state index contributed by atoms with van der Waals surface area (Å²) < 4.78 is 10.9. The van der Waals surface area contributed by atoms with Crippen molar-refractivity contribution < 1.29 is 9.15 Å². The van der Waals surface area contributed by atoms with E-state index in [0.29, 0.717) is 18.2 Å². The fourth-order valence-corrected chi connectivity index (χ4v) is 2.88. The minimum absolute atomic E-state index is 0.501. The van der Waals surface area contributed by atoms with Gasteiger partial charge in [-0.05, 0) is 40.1 Å². The van der Waals surface area contributed by atoms with Crippen LogP contribution in [0.2, 0.25) is 0 Å². The predicted octanol–water partition coefficient (Wildman–Crippen LogP) is 4.99. The highest BCUT2D eigenvalue weighted by Crippen LogP contribution is 2.21. The van der Waals surface area contributed by atoms with Crippen LogP contribution in [0.5, 0.6) is 5.75 Å². The van der Waals surface area contributed by atoms with Gasteiger partial charge < -0.3 is 9.15 Å². The average Bonchev–Trinajstić information content (AvgIpc) is 3.14. The van der Waals surface area contributed by atoms with Crippen molar-refractivity contribution in [2.45, 2.75) is 6.42 Å². The third kappa shape index (κ3) is 3.49. The maximum absolute atomic E-state index is 5.74. The van der Waals surface area contributed by atoms with Crippen molar-refractivity contribution in [2.24, 2.45) is 0 Å². The molecule has 0 fully saturated rings. The molecule has 128 valence electrons. The first-order chi connectivity index (χ1) is 12.8. The van der Waals surface area contributed by atoms with Crippen molar-refractivity contribution in [1.82, 2.24) is 10.2 Å². The highest BCUT2D eigenvalue weighted by molar-refractivity contribution is 5.92. The Morgan fingerprint density at radius 1 is 0.885 bits per heavy atom. The van der Waals surface area contributed by atoms with Crippen LogP contribution in [0.25, 0.3) is 22.9 Å². The summed E-state index contributed by atoms with van der Waals surface area (Å²) in [7, 11) is 1.65. The molecule has 1 heterocycles. The van der Waals surface area contributed by atoms with Gasteiger partial charge in [-0.15, -0.1) is 10.2 Å². The molecule has 4 nitrogen and oxygen atoms in total. The molecule has 0 unspecified atom stereocenters. The van der Waals surface area contributed by atoms with Crippen molar-refractivity contribution in [3.63, 3.8) is 0 Å². The molecule has 0 bridgehead atoms. The van der Waals surface area contributed by atoms with Gasteiger partial charge in [0.1, 0.15) is 5.75 Å². The minimum Gasteiger partial charge on any atom is -0.497 e. The van der Waals surface area contributed by atoms with E-state index in [0.717, 1.165) is 16.9 Å².